The van der Waals surface area contributed by atoms with Gasteiger partial charge in [-0.15, -0.1) is 11.3 Å². The molecule has 2 aromatic rings. The highest BCUT2D eigenvalue weighted by Gasteiger charge is 2.41. The summed E-state index contributed by atoms with van der Waals surface area (Å²) in [6.07, 6.45) is 5.47. The van der Waals surface area contributed by atoms with Crippen LogP contribution in [0.1, 0.15) is 22.8 Å². The van der Waals surface area contributed by atoms with Gasteiger partial charge in [0.15, 0.2) is 5.43 Å². The molecule has 4 rings (SSSR count). The molecule has 78 valence electrons. The molecule has 1 fully saturated rings. The molecule has 2 heteroatoms. The van der Waals surface area contributed by atoms with E-state index in [1.807, 2.05) is 24.3 Å². The van der Waals surface area contributed by atoms with Gasteiger partial charge < -0.3 is 0 Å². The van der Waals surface area contributed by atoms with Gasteiger partial charge in [0.25, 0.3) is 0 Å². The van der Waals surface area contributed by atoms with Gasteiger partial charge in [0, 0.05) is 26.4 Å². The van der Waals surface area contributed by atoms with Crippen molar-refractivity contribution in [1.29, 1.82) is 0 Å². The van der Waals surface area contributed by atoms with E-state index in [4.69, 9.17) is 0 Å². The number of hydrogen-bond acceptors (Lipinski definition) is 2. The van der Waals surface area contributed by atoms with E-state index in [0.29, 0.717) is 11.8 Å². The van der Waals surface area contributed by atoms with E-state index in [-0.39, 0.29) is 5.43 Å². The zero-order chi connectivity index (χ0) is 10.7. The summed E-state index contributed by atoms with van der Waals surface area (Å²) in [5.41, 5.74) is 1.16. The van der Waals surface area contributed by atoms with Crippen molar-refractivity contribution in [2.45, 2.75) is 12.3 Å². The third-order valence-electron chi connectivity index (χ3n) is 3.55. The van der Waals surface area contributed by atoms with Gasteiger partial charge in [-0.2, -0.15) is 0 Å². The van der Waals surface area contributed by atoms with Crippen LogP contribution in [-0.2, 0) is 0 Å². The Kier molecular flexibility index (Phi) is 1.54. The molecule has 0 spiro atoms. The summed E-state index contributed by atoms with van der Waals surface area (Å²) in [5.74, 6) is 1.35. The Morgan fingerprint density at radius 2 is 2.12 bits per heavy atom. The van der Waals surface area contributed by atoms with Crippen LogP contribution < -0.4 is 5.43 Å². The molecule has 1 aromatic heterocycles. The largest absolute Gasteiger partial charge is 0.289 e. The summed E-state index contributed by atoms with van der Waals surface area (Å²) in [6.45, 7) is 0. The lowest BCUT2D eigenvalue weighted by molar-refractivity contribution is 1.02. The van der Waals surface area contributed by atoms with Gasteiger partial charge >= 0.3 is 0 Å². The van der Waals surface area contributed by atoms with E-state index in [9.17, 15) is 4.79 Å². The van der Waals surface area contributed by atoms with Crippen molar-refractivity contribution in [2.24, 2.45) is 5.92 Å². The van der Waals surface area contributed by atoms with Crippen molar-refractivity contribution in [2.75, 3.05) is 0 Å². The fourth-order valence-electron chi connectivity index (χ4n) is 2.56. The molecule has 1 saturated carbocycles. The number of fused-ring (bicyclic) bond motifs is 4. The summed E-state index contributed by atoms with van der Waals surface area (Å²) in [7, 11) is 0. The van der Waals surface area contributed by atoms with Crippen LogP contribution in [0.5, 0.6) is 0 Å². The van der Waals surface area contributed by atoms with E-state index in [2.05, 4.69) is 12.1 Å². The summed E-state index contributed by atoms with van der Waals surface area (Å²) in [5, 5.41) is 0.870. The van der Waals surface area contributed by atoms with Gasteiger partial charge in [-0.25, -0.2) is 0 Å². The molecular formula is C14H10OS. The second-order valence-electron chi connectivity index (χ2n) is 4.57. The molecule has 2 atom stereocenters. The van der Waals surface area contributed by atoms with Gasteiger partial charge in [0.05, 0.1) is 0 Å². The molecule has 0 saturated heterocycles. The first-order valence-electron chi connectivity index (χ1n) is 5.58. The maximum Gasteiger partial charge on any atom is 0.195 e. The smallest absolute Gasteiger partial charge is 0.195 e. The number of hydrogen-bond donors (Lipinski definition) is 0. The Morgan fingerprint density at radius 3 is 3.06 bits per heavy atom. The highest BCUT2D eigenvalue weighted by atomic mass is 32.1. The Bertz CT molecular complexity index is 681. The van der Waals surface area contributed by atoms with Crippen molar-refractivity contribution in [3.8, 4) is 0 Å². The normalized spacial score (nSPS) is 25.2. The van der Waals surface area contributed by atoms with Crippen LogP contribution in [-0.4, -0.2) is 0 Å². The second-order valence-corrected chi connectivity index (χ2v) is 5.65. The van der Waals surface area contributed by atoms with E-state index in [0.717, 1.165) is 15.6 Å². The molecular weight excluding hydrogens is 216 g/mol. The second kappa shape index (κ2) is 2.83. The zero-order valence-electron chi connectivity index (χ0n) is 8.64. The number of allylic oxidation sites excluding steroid dienone is 1. The highest BCUT2D eigenvalue weighted by molar-refractivity contribution is 7.18. The molecule has 0 aliphatic heterocycles. The van der Waals surface area contributed by atoms with Crippen molar-refractivity contribution in [3.05, 3.63) is 51.0 Å². The van der Waals surface area contributed by atoms with Gasteiger partial charge in [-0.3, -0.25) is 4.79 Å². The molecule has 2 aliphatic rings. The van der Waals surface area contributed by atoms with Crippen LogP contribution in [0, 0.1) is 5.92 Å². The summed E-state index contributed by atoms with van der Waals surface area (Å²) < 4.78 is 1.13. The van der Waals surface area contributed by atoms with E-state index in [1.165, 1.54) is 11.3 Å². The maximum absolute atomic E-state index is 12.3. The molecule has 1 heterocycles. The molecule has 2 unspecified atom stereocenters. The van der Waals surface area contributed by atoms with Gasteiger partial charge in [0.1, 0.15) is 0 Å². The van der Waals surface area contributed by atoms with Gasteiger partial charge in [-0.05, 0) is 24.5 Å². The van der Waals surface area contributed by atoms with Crippen molar-refractivity contribution >= 4 is 27.5 Å². The maximum atomic E-state index is 12.3. The summed E-state index contributed by atoms with van der Waals surface area (Å²) >= 11 is 1.80. The van der Waals surface area contributed by atoms with Crippen LogP contribution in [0.25, 0.3) is 16.2 Å². The fourth-order valence-corrected chi connectivity index (χ4v) is 3.90. The predicted octanol–water partition coefficient (Wildman–Crippen LogP) is 3.39. The number of benzene rings is 1. The topological polar surface area (TPSA) is 17.1 Å². The van der Waals surface area contributed by atoms with Crippen LogP contribution >= 0.6 is 11.3 Å². The molecule has 1 aromatic carbocycles. The van der Waals surface area contributed by atoms with E-state index in [1.54, 1.807) is 11.3 Å². The van der Waals surface area contributed by atoms with E-state index < -0.39 is 0 Å². The molecule has 0 bridgehead atoms. The van der Waals surface area contributed by atoms with Crippen LogP contribution in [0.2, 0.25) is 0 Å². The first kappa shape index (κ1) is 8.71. The monoisotopic (exact) mass is 226 g/mol. The zero-order valence-corrected chi connectivity index (χ0v) is 9.46. The molecule has 0 radical (unpaired) electrons. The first-order chi connectivity index (χ1) is 7.84. The highest BCUT2D eigenvalue weighted by Crippen LogP contribution is 2.53. The Labute approximate surface area is 97.0 Å². The molecule has 0 amide bonds. The molecule has 1 nitrogen and oxygen atoms in total. The predicted molar refractivity (Wildman–Crippen MR) is 68.0 cm³/mol. The lowest BCUT2D eigenvalue weighted by atomic mass is 10.0. The van der Waals surface area contributed by atoms with Gasteiger partial charge in [-0.1, -0.05) is 24.3 Å². The lowest BCUT2D eigenvalue weighted by Gasteiger charge is -2.09. The SMILES string of the molecule is O=c1c2c(sc3ccccc13)C1CC1C=C2. The third kappa shape index (κ3) is 1.03. The van der Waals surface area contributed by atoms with Gasteiger partial charge in [0.2, 0.25) is 0 Å². The van der Waals surface area contributed by atoms with Crippen LogP contribution in [0.3, 0.4) is 0 Å². The summed E-state index contributed by atoms with van der Waals surface area (Å²) in [6, 6.07) is 7.93. The van der Waals surface area contributed by atoms with Crippen molar-refractivity contribution in [3.63, 3.8) is 0 Å². The molecule has 16 heavy (non-hydrogen) atoms. The number of rotatable bonds is 0. The van der Waals surface area contributed by atoms with Crippen LogP contribution in [0.4, 0.5) is 0 Å². The Hall–Kier alpha value is -1.41. The van der Waals surface area contributed by atoms with Crippen molar-refractivity contribution < 1.29 is 0 Å². The van der Waals surface area contributed by atoms with Crippen molar-refractivity contribution in [1.82, 2.24) is 0 Å². The molecule has 2 aliphatic carbocycles. The lowest BCUT2D eigenvalue weighted by Crippen LogP contribution is -2.09. The first-order valence-corrected chi connectivity index (χ1v) is 6.40. The quantitative estimate of drug-likeness (QED) is 0.673. The summed E-state index contributed by atoms with van der Waals surface area (Å²) in [4.78, 5) is 13.6. The minimum Gasteiger partial charge on any atom is -0.289 e. The average Bonchev–Trinajstić information content (AvgIpc) is 3.09. The fraction of sp³-hybridized carbons (Fsp3) is 0.214. The minimum atomic E-state index is 0.214. The standard InChI is InChI=1S/C14H10OS/c15-13-9-3-1-2-4-12(9)16-14-10(13)6-5-8-7-11(8)14/h1-6,8,11H,7H2. The van der Waals surface area contributed by atoms with E-state index >= 15 is 0 Å². The Morgan fingerprint density at radius 1 is 1.25 bits per heavy atom. The van der Waals surface area contributed by atoms with Crippen LogP contribution in [0.15, 0.2) is 35.1 Å². The minimum absolute atomic E-state index is 0.214. The third-order valence-corrected chi connectivity index (χ3v) is 4.87. The molecule has 0 N–H and O–H groups in total. The Balaban J connectivity index is 2.18. The average molecular weight is 226 g/mol.